The van der Waals surface area contributed by atoms with E-state index in [0.29, 0.717) is 5.69 Å². The van der Waals surface area contributed by atoms with Crippen LogP contribution in [0.5, 0.6) is 0 Å². The molecule has 2 aromatic carbocycles. The highest BCUT2D eigenvalue weighted by Crippen LogP contribution is 2.26. The fourth-order valence-electron chi connectivity index (χ4n) is 3.75. The molecule has 198 valence electrons. The van der Waals surface area contributed by atoms with Crippen LogP contribution in [0.2, 0.25) is 0 Å². The Morgan fingerprint density at radius 1 is 0.972 bits per heavy atom. The number of rotatable bonds is 11. The summed E-state index contributed by atoms with van der Waals surface area (Å²) in [4.78, 5) is 28.3. The number of aryl methyl sites for hydroxylation is 3. The Morgan fingerprint density at radius 3 is 2.19 bits per heavy atom. The van der Waals surface area contributed by atoms with Gasteiger partial charge in [0.15, 0.2) is 0 Å². The molecular weight excluding hydrogens is 476 g/mol. The maximum atomic E-state index is 13.8. The predicted molar refractivity (Wildman–Crippen MR) is 145 cm³/mol. The summed E-state index contributed by atoms with van der Waals surface area (Å²) in [6.07, 6.45) is 0.756. The van der Waals surface area contributed by atoms with Gasteiger partial charge in [0, 0.05) is 26.7 Å². The molecule has 0 unspecified atom stereocenters. The Labute approximate surface area is 216 Å². The molecular formula is C27H40N4O4S. The number of carbonyl (C=O) groups is 2. The van der Waals surface area contributed by atoms with Gasteiger partial charge in [-0.15, -0.1) is 0 Å². The van der Waals surface area contributed by atoms with Crippen LogP contribution < -0.4 is 9.62 Å². The van der Waals surface area contributed by atoms with E-state index in [1.165, 1.54) is 19.0 Å². The molecule has 0 heterocycles. The molecule has 0 spiro atoms. The highest BCUT2D eigenvalue weighted by atomic mass is 32.2. The summed E-state index contributed by atoms with van der Waals surface area (Å²) >= 11 is 0. The summed E-state index contributed by atoms with van der Waals surface area (Å²) < 4.78 is 28.9. The van der Waals surface area contributed by atoms with Crippen molar-refractivity contribution in [3.63, 3.8) is 0 Å². The van der Waals surface area contributed by atoms with Crippen molar-refractivity contribution in [2.45, 2.75) is 66.6 Å². The van der Waals surface area contributed by atoms with E-state index in [-0.39, 0.29) is 18.5 Å². The van der Waals surface area contributed by atoms with Gasteiger partial charge in [0.05, 0.1) is 5.69 Å². The lowest BCUT2D eigenvalue weighted by atomic mass is 10.1. The molecule has 0 radical (unpaired) electrons. The molecule has 0 bridgehead atoms. The number of carbonyl (C=O) groups excluding carboxylic acids is 2. The van der Waals surface area contributed by atoms with Crippen LogP contribution in [0.25, 0.3) is 0 Å². The second kappa shape index (κ2) is 12.4. The van der Waals surface area contributed by atoms with Crippen LogP contribution in [-0.2, 0) is 26.3 Å². The Hall–Kier alpha value is -2.91. The van der Waals surface area contributed by atoms with Crippen molar-refractivity contribution < 1.29 is 18.0 Å². The van der Waals surface area contributed by atoms with Crippen LogP contribution in [0.3, 0.4) is 0 Å². The van der Waals surface area contributed by atoms with Crippen LogP contribution in [0.1, 0.15) is 49.4 Å². The van der Waals surface area contributed by atoms with Gasteiger partial charge >= 0.3 is 10.2 Å². The molecule has 1 N–H and O–H groups in total. The average molecular weight is 517 g/mol. The third kappa shape index (κ3) is 7.30. The monoisotopic (exact) mass is 516 g/mol. The number of hydrogen-bond acceptors (Lipinski definition) is 4. The SMILES string of the molecule is CC[C@@H](C)NC(=O)[C@@H](C)N(Cc1cccc(C)c1)C(=O)CN(c1cc(C)ccc1C)S(=O)(=O)N(C)C. The van der Waals surface area contributed by atoms with E-state index < -0.39 is 28.7 Å². The molecule has 0 aromatic heterocycles. The zero-order valence-corrected chi connectivity index (χ0v) is 23.5. The van der Waals surface area contributed by atoms with Crippen molar-refractivity contribution >= 4 is 27.7 Å². The molecule has 0 aliphatic heterocycles. The molecule has 36 heavy (non-hydrogen) atoms. The van der Waals surface area contributed by atoms with E-state index in [4.69, 9.17) is 0 Å². The van der Waals surface area contributed by atoms with Gasteiger partial charge in [-0.2, -0.15) is 12.7 Å². The molecule has 0 saturated heterocycles. The van der Waals surface area contributed by atoms with Gasteiger partial charge in [-0.3, -0.25) is 9.59 Å². The first kappa shape index (κ1) is 29.3. The van der Waals surface area contributed by atoms with Crippen molar-refractivity contribution in [3.8, 4) is 0 Å². The Kier molecular flexibility index (Phi) is 10.1. The second-order valence-electron chi connectivity index (χ2n) is 9.59. The summed E-state index contributed by atoms with van der Waals surface area (Å²) in [6.45, 7) is 10.9. The minimum atomic E-state index is -3.99. The zero-order chi connectivity index (χ0) is 27.2. The maximum Gasteiger partial charge on any atom is 0.304 e. The molecule has 2 rings (SSSR count). The van der Waals surface area contributed by atoms with E-state index in [2.05, 4.69) is 5.32 Å². The predicted octanol–water partition coefficient (Wildman–Crippen LogP) is 3.56. The fraction of sp³-hybridized carbons (Fsp3) is 0.481. The lowest BCUT2D eigenvalue weighted by molar-refractivity contribution is -0.139. The number of anilines is 1. The highest BCUT2D eigenvalue weighted by Gasteiger charge is 2.33. The molecule has 0 aliphatic carbocycles. The van der Waals surface area contributed by atoms with Crippen LogP contribution >= 0.6 is 0 Å². The Balaban J connectivity index is 2.51. The van der Waals surface area contributed by atoms with Crippen molar-refractivity contribution in [2.24, 2.45) is 0 Å². The standard InChI is InChI=1S/C27H40N4O4S/c1-9-22(5)28-27(33)23(6)30(17-24-12-10-11-19(2)15-24)26(32)18-31(36(34,35)29(7)8)25-16-20(3)13-14-21(25)4/h10-16,22-23H,9,17-18H2,1-8H3,(H,28,33)/t22-,23-/m1/s1. The van der Waals surface area contributed by atoms with Crippen molar-refractivity contribution in [1.82, 2.24) is 14.5 Å². The Morgan fingerprint density at radius 2 is 1.61 bits per heavy atom. The summed E-state index contributed by atoms with van der Waals surface area (Å²) in [5.74, 6) is -0.742. The molecule has 2 amide bonds. The van der Waals surface area contributed by atoms with E-state index in [1.54, 1.807) is 13.0 Å². The van der Waals surface area contributed by atoms with Crippen LogP contribution in [0.15, 0.2) is 42.5 Å². The molecule has 2 atom stereocenters. The molecule has 0 fully saturated rings. The highest BCUT2D eigenvalue weighted by molar-refractivity contribution is 7.90. The quantitative estimate of drug-likeness (QED) is 0.495. The lowest BCUT2D eigenvalue weighted by Crippen LogP contribution is -2.53. The van der Waals surface area contributed by atoms with E-state index in [9.17, 15) is 18.0 Å². The van der Waals surface area contributed by atoms with E-state index in [1.807, 2.05) is 71.0 Å². The summed E-state index contributed by atoms with van der Waals surface area (Å²) in [7, 11) is -1.12. The molecule has 8 nitrogen and oxygen atoms in total. The maximum absolute atomic E-state index is 13.8. The number of hydrogen-bond donors (Lipinski definition) is 1. The fourth-order valence-corrected chi connectivity index (χ4v) is 4.86. The first-order valence-corrected chi connectivity index (χ1v) is 13.6. The summed E-state index contributed by atoms with van der Waals surface area (Å²) in [5.41, 5.74) is 3.93. The van der Waals surface area contributed by atoms with Crippen LogP contribution in [0, 0.1) is 20.8 Å². The van der Waals surface area contributed by atoms with Crippen molar-refractivity contribution in [2.75, 3.05) is 24.9 Å². The van der Waals surface area contributed by atoms with Crippen LogP contribution in [0.4, 0.5) is 5.69 Å². The van der Waals surface area contributed by atoms with Gasteiger partial charge in [0.25, 0.3) is 0 Å². The van der Waals surface area contributed by atoms with Crippen molar-refractivity contribution in [1.29, 1.82) is 0 Å². The third-order valence-electron chi connectivity index (χ3n) is 6.26. The first-order chi connectivity index (χ1) is 16.8. The van der Waals surface area contributed by atoms with Crippen LogP contribution in [-0.4, -0.2) is 62.2 Å². The van der Waals surface area contributed by atoms with E-state index in [0.717, 1.165) is 37.3 Å². The van der Waals surface area contributed by atoms with Gasteiger partial charge in [0.1, 0.15) is 12.6 Å². The normalized spacial score (nSPS) is 13.2. The minimum Gasteiger partial charge on any atom is -0.352 e. The van der Waals surface area contributed by atoms with Gasteiger partial charge in [0.2, 0.25) is 11.8 Å². The smallest absolute Gasteiger partial charge is 0.304 e. The first-order valence-electron chi connectivity index (χ1n) is 12.2. The molecule has 9 heteroatoms. The van der Waals surface area contributed by atoms with Gasteiger partial charge in [-0.25, -0.2) is 4.31 Å². The largest absolute Gasteiger partial charge is 0.352 e. The number of amides is 2. The average Bonchev–Trinajstić information content (AvgIpc) is 2.81. The van der Waals surface area contributed by atoms with E-state index >= 15 is 0 Å². The van der Waals surface area contributed by atoms with Gasteiger partial charge in [-0.1, -0.05) is 48.9 Å². The number of nitrogens with one attached hydrogen (secondary N) is 1. The van der Waals surface area contributed by atoms with Gasteiger partial charge < -0.3 is 10.2 Å². The number of nitrogens with zero attached hydrogens (tertiary/aromatic N) is 3. The Bertz CT molecular complexity index is 1180. The number of benzene rings is 2. The lowest BCUT2D eigenvalue weighted by Gasteiger charge is -2.33. The topological polar surface area (TPSA) is 90.0 Å². The minimum absolute atomic E-state index is 0.0450. The van der Waals surface area contributed by atoms with Crippen molar-refractivity contribution in [3.05, 3.63) is 64.7 Å². The third-order valence-corrected chi connectivity index (χ3v) is 8.06. The van der Waals surface area contributed by atoms with Gasteiger partial charge in [-0.05, 0) is 63.8 Å². The molecule has 0 saturated carbocycles. The molecule has 0 aliphatic rings. The second-order valence-corrected chi connectivity index (χ2v) is 11.7. The zero-order valence-electron chi connectivity index (χ0n) is 22.7. The molecule has 2 aromatic rings. The summed E-state index contributed by atoms with van der Waals surface area (Å²) in [5, 5.41) is 2.94. The summed E-state index contributed by atoms with van der Waals surface area (Å²) in [6, 6.07) is 12.4.